The minimum Gasteiger partial charge on any atom is -0.345 e. The Bertz CT molecular complexity index is 729. The summed E-state index contributed by atoms with van der Waals surface area (Å²) in [4.78, 5) is 29.8. The van der Waals surface area contributed by atoms with Gasteiger partial charge in [0.1, 0.15) is 5.69 Å². The monoisotopic (exact) mass is 317 g/mol. The molecule has 0 saturated heterocycles. The molecule has 0 unspecified atom stereocenters. The first-order valence-electron chi connectivity index (χ1n) is 6.64. The molecule has 1 N–H and O–H groups in total. The van der Waals surface area contributed by atoms with Gasteiger partial charge in [-0.15, -0.1) is 0 Å². The van der Waals surface area contributed by atoms with E-state index in [0.29, 0.717) is 22.0 Å². The fraction of sp³-hybridized carbons (Fsp3) is 0.188. The van der Waals surface area contributed by atoms with E-state index in [2.05, 4.69) is 10.3 Å². The number of aryl methyl sites for hydroxylation is 1. The molecule has 6 heteroatoms. The molecule has 0 aliphatic rings. The Hall–Kier alpha value is -2.40. The van der Waals surface area contributed by atoms with Crippen LogP contribution in [0.4, 0.5) is 5.69 Å². The number of aromatic nitrogens is 1. The molecule has 1 aromatic carbocycles. The summed E-state index contributed by atoms with van der Waals surface area (Å²) in [6.45, 7) is 1.81. The summed E-state index contributed by atoms with van der Waals surface area (Å²) in [7, 11) is 3.32. The van der Waals surface area contributed by atoms with E-state index in [9.17, 15) is 9.59 Å². The van der Waals surface area contributed by atoms with Crippen LogP contribution in [-0.2, 0) is 0 Å². The first-order valence-corrected chi connectivity index (χ1v) is 7.02. The lowest BCUT2D eigenvalue weighted by atomic mass is 10.1. The molecule has 2 aromatic rings. The molecule has 0 aliphatic heterocycles. The number of hydrogen-bond donors (Lipinski definition) is 1. The third-order valence-corrected chi connectivity index (χ3v) is 3.32. The van der Waals surface area contributed by atoms with Crippen LogP contribution in [0.15, 0.2) is 36.4 Å². The average Bonchev–Trinajstić information content (AvgIpc) is 2.48. The first kappa shape index (κ1) is 16.0. The normalized spacial score (nSPS) is 10.2. The lowest BCUT2D eigenvalue weighted by Gasteiger charge is -2.13. The van der Waals surface area contributed by atoms with E-state index < -0.39 is 0 Å². The highest BCUT2D eigenvalue weighted by atomic mass is 35.5. The summed E-state index contributed by atoms with van der Waals surface area (Å²) in [6, 6.07) is 9.93. The second-order valence-corrected chi connectivity index (χ2v) is 5.42. The number of carbonyl (C=O) groups is 2. The number of halogens is 1. The van der Waals surface area contributed by atoms with Gasteiger partial charge in [-0.25, -0.2) is 4.98 Å². The number of benzene rings is 1. The van der Waals surface area contributed by atoms with Crippen LogP contribution in [-0.4, -0.2) is 35.8 Å². The molecule has 2 rings (SSSR count). The number of anilines is 1. The number of pyridine rings is 1. The Morgan fingerprint density at radius 3 is 2.55 bits per heavy atom. The highest BCUT2D eigenvalue weighted by Crippen LogP contribution is 2.24. The van der Waals surface area contributed by atoms with Gasteiger partial charge in [0.25, 0.3) is 11.8 Å². The van der Waals surface area contributed by atoms with E-state index in [1.165, 1.54) is 4.90 Å². The fourth-order valence-electron chi connectivity index (χ4n) is 1.87. The van der Waals surface area contributed by atoms with E-state index >= 15 is 0 Å². The topological polar surface area (TPSA) is 62.3 Å². The zero-order valence-corrected chi connectivity index (χ0v) is 13.3. The standard InChI is InChI=1S/C16H16ClN3O2/c1-10-5-4-6-13(18-10)15(21)19-14-9-11(7-8-12(14)17)16(22)20(2)3/h4-9H,1-3H3,(H,19,21). The van der Waals surface area contributed by atoms with Crippen molar-refractivity contribution in [2.75, 3.05) is 19.4 Å². The maximum absolute atomic E-state index is 12.2. The maximum Gasteiger partial charge on any atom is 0.274 e. The third-order valence-electron chi connectivity index (χ3n) is 2.99. The largest absolute Gasteiger partial charge is 0.345 e. The average molecular weight is 318 g/mol. The van der Waals surface area contributed by atoms with Gasteiger partial charge in [0, 0.05) is 25.4 Å². The number of amides is 2. The summed E-state index contributed by atoms with van der Waals surface area (Å²) in [5.74, 6) is -0.541. The van der Waals surface area contributed by atoms with Crippen molar-refractivity contribution in [2.45, 2.75) is 6.92 Å². The lowest BCUT2D eigenvalue weighted by Crippen LogP contribution is -2.22. The van der Waals surface area contributed by atoms with Crippen LogP contribution in [0.5, 0.6) is 0 Å². The second-order valence-electron chi connectivity index (χ2n) is 5.01. The summed E-state index contributed by atoms with van der Waals surface area (Å²) >= 11 is 6.08. The van der Waals surface area contributed by atoms with Crippen molar-refractivity contribution in [1.29, 1.82) is 0 Å². The minimum atomic E-state index is -0.375. The molecule has 0 bridgehead atoms. The summed E-state index contributed by atoms with van der Waals surface area (Å²) in [6.07, 6.45) is 0. The smallest absolute Gasteiger partial charge is 0.274 e. The zero-order valence-electron chi connectivity index (χ0n) is 12.6. The molecular formula is C16H16ClN3O2. The number of hydrogen-bond acceptors (Lipinski definition) is 3. The van der Waals surface area contributed by atoms with Crippen molar-refractivity contribution in [2.24, 2.45) is 0 Å². The van der Waals surface area contributed by atoms with Gasteiger partial charge in [-0.3, -0.25) is 9.59 Å². The van der Waals surface area contributed by atoms with Gasteiger partial charge < -0.3 is 10.2 Å². The van der Waals surface area contributed by atoms with Gasteiger partial charge in [-0.2, -0.15) is 0 Å². The molecule has 0 aliphatic carbocycles. The molecule has 1 aromatic heterocycles. The Balaban J connectivity index is 2.27. The minimum absolute atomic E-state index is 0.166. The van der Waals surface area contributed by atoms with Crippen molar-refractivity contribution in [3.05, 3.63) is 58.4 Å². The van der Waals surface area contributed by atoms with Gasteiger partial charge in [0.2, 0.25) is 0 Å². The van der Waals surface area contributed by atoms with Crippen LogP contribution in [0, 0.1) is 6.92 Å². The summed E-state index contributed by atoms with van der Waals surface area (Å²) in [5, 5.41) is 3.04. The maximum atomic E-state index is 12.2. The van der Waals surface area contributed by atoms with Gasteiger partial charge in [0.05, 0.1) is 10.7 Å². The van der Waals surface area contributed by atoms with Gasteiger partial charge in [-0.1, -0.05) is 17.7 Å². The van der Waals surface area contributed by atoms with Crippen LogP contribution >= 0.6 is 11.6 Å². The van der Waals surface area contributed by atoms with Crippen LogP contribution in [0.2, 0.25) is 5.02 Å². The van der Waals surface area contributed by atoms with Crippen molar-refractivity contribution in [3.63, 3.8) is 0 Å². The first-order chi connectivity index (χ1) is 10.4. The molecule has 2 amide bonds. The van der Waals surface area contributed by atoms with Crippen molar-refractivity contribution < 1.29 is 9.59 Å². The highest BCUT2D eigenvalue weighted by Gasteiger charge is 2.14. The lowest BCUT2D eigenvalue weighted by molar-refractivity contribution is 0.0827. The Morgan fingerprint density at radius 1 is 1.18 bits per heavy atom. The molecule has 0 saturated carbocycles. The molecule has 0 radical (unpaired) electrons. The fourth-order valence-corrected chi connectivity index (χ4v) is 2.03. The summed E-state index contributed by atoms with van der Waals surface area (Å²) < 4.78 is 0. The summed E-state index contributed by atoms with van der Waals surface area (Å²) in [5.41, 5.74) is 1.86. The number of nitrogens with one attached hydrogen (secondary N) is 1. The van der Waals surface area contributed by atoms with Crippen molar-refractivity contribution >= 4 is 29.1 Å². The zero-order chi connectivity index (χ0) is 16.3. The second kappa shape index (κ2) is 6.58. The molecule has 22 heavy (non-hydrogen) atoms. The Labute approximate surface area is 133 Å². The van der Waals surface area contributed by atoms with E-state index in [4.69, 9.17) is 11.6 Å². The molecule has 0 atom stereocenters. The predicted octanol–water partition coefficient (Wildman–Crippen LogP) is 3.00. The molecule has 114 valence electrons. The van der Waals surface area contributed by atoms with Crippen LogP contribution in [0.1, 0.15) is 26.5 Å². The third kappa shape index (κ3) is 3.62. The quantitative estimate of drug-likeness (QED) is 0.946. The van der Waals surface area contributed by atoms with Crippen molar-refractivity contribution in [1.82, 2.24) is 9.88 Å². The Morgan fingerprint density at radius 2 is 1.91 bits per heavy atom. The van der Waals surface area contributed by atoms with Crippen LogP contribution in [0.3, 0.4) is 0 Å². The molecule has 5 nitrogen and oxygen atoms in total. The van der Waals surface area contributed by atoms with Crippen molar-refractivity contribution in [3.8, 4) is 0 Å². The van der Waals surface area contributed by atoms with Gasteiger partial charge in [0.15, 0.2) is 0 Å². The molecule has 0 fully saturated rings. The van der Waals surface area contributed by atoms with E-state index in [1.54, 1.807) is 57.4 Å². The molecule has 1 heterocycles. The van der Waals surface area contributed by atoms with Gasteiger partial charge in [-0.05, 0) is 37.3 Å². The highest BCUT2D eigenvalue weighted by molar-refractivity contribution is 6.34. The van der Waals surface area contributed by atoms with Gasteiger partial charge >= 0.3 is 0 Å². The number of nitrogens with zero attached hydrogens (tertiary/aromatic N) is 2. The predicted molar refractivity (Wildman–Crippen MR) is 86.4 cm³/mol. The SMILES string of the molecule is Cc1cccc(C(=O)Nc2cc(C(=O)N(C)C)ccc2Cl)n1. The van der Waals surface area contributed by atoms with E-state index in [-0.39, 0.29) is 11.8 Å². The number of rotatable bonds is 3. The molecule has 0 spiro atoms. The van der Waals surface area contributed by atoms with Crippen LogP contribution < -0.4 is 5.32 Å². The Kier molecular flexibility index (Phi) is 4.78. The van der Waals surface area contributed by atoms with Crippen LogP contribution in [0.25, 0.3) is 0 Å². The molecular weight excluding hydrogens is 302 g/mol. The van der Waals surface area contributed by atoms with E-state index in [1.807, 2.05) is 0 Å². The number of carbonyl (C=O) groups excluding carboxylic acids is 2. The van der Waals surface area contributed by atoms with E-state index in [0.717, 1.165) is 5.69 Å².